The van der Waals surface area contributed by atoms with Crippen LogP contribution < -0.4 is 5.32 Å². The van der Waals surface area contributed by atoms with Gasteiger partial charge >= 0.3 is 5.97 Å². The van der Waals surface area contributed by atoms with Crippen LogP contribution in [0.15, 0.2) is 24.3 Å². The number of ether oxygens (including phenoxy) is 1. The zero-order chi connectivity index (χ0) is 20.0. The van der Waals surface area contributed by atoms with E-state index in [0.29, 0.717) is 11.7 Å². The van der Waals surface area contributed by atoms with Crippen LogP contribution >= 0.6 is 0 Å². The van der Waals surface area contributed by atoms with E-state index in [1.807, 2.05) is 38.1 Å². The van der Waals surface area contributed by atoms with Gasteiger partial charge in [0.2, 0.25) is 11.7 Å². The van der Waals surface area contributed by atoms with Gasteiger partial charge in [0.15, 0.2) is 0 Å². The molecule has 1 aromatic heterocycles. The molecule has 1 amide bonds. The van der Waals surface area contributed by atoms with Crippen LogP contribution in [0.2, 0.25) is 0 Å². The molecule has 0 bridgehead atoms. The first-order chi connectivity index (χ1) is 12.8. The monoisotopic (exact) mass is 373 g/mol. The molecule has 27 heavy (non-hydrogen) atoms. The van der Waals surface area contributed by atoms with Crippen LogP contribution in [0.1, 0.15) is 45.6 Å². The van der Waals surface area contributed by atoms with E-state index < -0.39 is 12.0 Å². The third kappa shape index (κ3) is 5.35. The molecule has 1 heterocycles. The summed E-state index contributed by atoms with van der Waals surface area (Å²) in [5, 5.41) is 14.9. The fourth-order valence-electron chi connectivity index (χ4n) is 2.59. The van der Waals surface area contributed by atoms with Gasteiger partial charge < -0.3 is 10.1 Å². The van der Waals surface area contributed by atoms with E-state index in [0.717, 1.165) is 12.0 Å². The normalized spacial score (nSPS) is 13.3. The lowest BCUT2D eigenvalue weighted by Crippen LogP contribution is -2.46. The minimum absolute atomic E-state index is 0.0415. The van der Waals surface area contributed by atoms with Crippen molar-refractivity contribution >= 4 is 11.9 Å². The van der Waals surface area contributed by atoms with Gasteiger partial charge in [0.05, 0.1) is 7.11 Å². The molecule has 0 spiro atoms. The van der Waals surface area contributed by atoms with Gasteiger partial charge in [0.1, 0.15) is 12.6 Å². The molecule has 2 aromatic rings. The number of esters is 1. The third-order valence-corrected chi connectivity index (χ3v) is 4.56. The highest BCUT2D eigenvalue weighted by molar-refractivity contribution is 5.84. The van der Waals surface area contributed by atoms with Crippen LogP contribution in [-0.4, -0.2) is 45.2 Å². The van der Waals surface area contributed by atoms with E-state index >= 15 is 0 Å². The molecule has 8 heteroatoms. The maximum atomic E-state index is 12.3. The smallest absolute Gasteiger partial charge is 0.328 e. The first-order valence-corrected chi connectivity index (χ1v) is 9.11. The van der Waals surface area contributed by atoms with E-state index in [1.165, 1.54) is 17.5 Å². The topological polar surface area (TPSA) is 99.0 Å². The number of rotatable bonds is 8. The zero-order valence-corrected chi connectivity index (χ0v) is 16.5. The van der Waals surface area contributed by atoms with Gasteiger partial charge in [-0.2, -0.15) is 4.80 Å². The Morgan fingerprint density at radius 1 is 1.19 bits per heavy atom. The second kappa shape index (κ2) is 9.25. The average molecular weight is 373 g/mol. The number of hydrogen-bond donors (Lipinski definition) is 1. The second-order valence-electron chi connectivity index (χ2n) is 6.87. The summed E-state index contributed by atoms with van der Waals surface area (Å²) in [6, 6.07) is 7.24. The number of nitrogens with zero attached hydrogens (tertiary/aromatic N) is 4. The van der Waals surface area contributed by atoms with Crippen molar-refractivity contribution in [3.63, 3.8) is 0 Å². The quantitative estimate of drug-likeness (QED) is 0.712. The summed E-state index contributed by atoms with van der Waals surface area (Å²) in [4.78, 5) is 25.4. The van der Waals surface area contributed by atoms with Crippen molar-refractivity contribution in [2.75, 3.05) is 7.11 Å². The lowest BCUT2D eigenvalue weighted by molar-refractivity contribution is -0.146. The van der Waals surface area contributed by atoms with Crippen molar-refractivity contribution in [1.82, 2.24) is 25.5 Å². The number of benzene rings is 1. The maximum Gasteiger partial charge on any atom is 0.328 e. The van der Waals surface area contributed by atoms with Gasteiger partial charge in [-0.3, -0.25) is 4.79 Å². The summed E-state index contributed by atoms with van der Waals surface area (Å²) in [6.07, 6.45) is 0.734. The molecule has 0 fully saturated rings. The summed E-state index contributed by atoms with van der Waals surface area (Å²) in [6.45, 7) is 7.96. The van der Waals surface area contributed by atoms with Gasteiger partial charge in [-0.25, -0.2) is 4.79 Å². The average Bonchev–Trinajstić information content (AvgIpc) is 3.13. The predicted octanol–water partition coefficient (Wildman–Crippen LogP) is 2.17. The van der Waals surface area contributed by atoms with Gasteiger partial charge in [0, 0.05) is 5.56 Å². The van der Waals surface area contributed by atoms with E-state index in [-0.39, 0.29) is 18.4 Å². The molecule has 0 aliphatic rings. The number of amides is 1. The first kappa shape index (κ1) is 20.5. The van der Waals surface area contributed by atoms with Gasteiger partial charge in [-0.1, -0.05) is 58.4 Å². The molecule has 0 aliphatic carbocycles. The summed E-state index contributed by atoms with van der Waals surface area (Å²) in [7, 11) is 1.31. The van der Waals surface area contributed by atoms with Crippen LogP contribution in [-0.2, 0) is 20.9 Å². The molecule has 0 radical (unpaired) electrons. The van der Waals surface area contributed by atoms with E-state index in [1.54, 1.807) is 0 Å². The highest BCUT2D eigenvalue weighted by atomic mass is 16.5. The molecule has 2 atom stereocenters. The van der Waals surface area contributed by atoms with Crippen LogP contribution in [0.5, 0.6) is 0 Å². The fourth-order valence-corrected chi connectivity index (χ4v) is 2.59. The summed E-state index contributed by atoms with van der Waals surface area (Å²) in [5.74, 6) is 0.0179. The first-order valence-electron chi connectivity index (χ1n) is 9.11. The maximum absolute atomic E-state index is 12.3. The Morgan fingerprint density at radius 2 is 1.85 bits per heavy atom. The van der Waals surface area contributed by atoms with Crippen molar-refractivity contribution in [3.8, 4) is 11.4 Å². The molecule has 146 valence electrons. The zero-order valence-electron chi connectivity index (χ0n) is 16.5. The number of hydrogen-bond acceptors (Lipinski definition) is 6. The van der Waals surface area contributed by atoms with E-state index in [9.17, 15) is 9.59 Å². The molecule has 2 unspecified atom stereocenters. The Hall–Kier alpha value is -2.77. The van der Waals surface area contributed by atoms with Gasteiger partial charge in [0.25, 0.3) is 0 Å². The SMILES string of the molecule is CCC(C)C(NC(=O)Cn1nnc(-c2ccc(C(C)C)cc2)n1)C(=O)OC. The molecule has 1 N–H and O–H groups in total. The highest BCUT2D eigenvalue weighted by Gasteiger charge is 2.26. The summed E-state index contributed by atoms with van der Waals surface area (Å²) < 4.78 is 4.77. The summed E-state index contributed by atoms with van der Waals surface area (Å²) in [5.41, 5.74) is 2.06. The summed E-state index contributed by atoms with van der Waals surface area (Å²) >= 11 is 0. The lowest BCUT2D eigenvalue weighted by Gasteiger charge is -2.21. The standard InChI is InChI=1S/C19H27N5O3/c1-6-13(4)17(19(26)27-5)20-16(25)11-24-22-18(21-23-24)15-9-7-14(8-10-15)12(2)3/h7-10,12-13,17H,6,11H2,1-5H3,(H,20,25). The Labute approximate surface area is 159 Å². The molecule has 8 nitrogen and oxygen atoms in total. The Morgan fingerprint density at radius 3 is 2.41 bits per heavy atom. The van der Waals surface area contributed by atoms with Crippen LogP contribution in [0.4, 0.5) is 0 Å². The van der Waals surface area contributed by atoms with Crippen LogP contribution in [0, 0.1) is 5.92 Å². The third-order valence-electron chi connectivity index (χ3n) is 4.56. The Bertz CT molecular complexity index is 770. The van der Waals surface area contributed by atoms with Gasteiger partial charge in [-0.05, 0) is 22.6 Å². The van der Waals surface area contributed by atoms with Crippen molar-refractivity contribution in [3.05, 3.63) is 29.8 Å². The molecule has 0 saturated heterocycles. The Kier molecular flexibility index (Phi) is 7.04. The number of nitrogens with one attached hydrogen (secondary N) is 1. The van der Waals surface area contributed by atoms with Crippen molar-refractivity contribution in [1.29, 1.82) is 0 Å². The minimum atomic E-state index is -0.695. The van der Waals surface area contributed by atoms with E-state index in [4.69, 9.17) is 4.74 Å². The van der Waals surface area contributed by atoms with Crippen LogP contribution in [0.3, 0.4) is 0 Å². The number of methoxy groups -OCH3 is 1. The van der Waals surface area contributed by atoms with Gasteiger partial charge in [-0.15, -0.1) is 10.2 Å². The molecular formula is C19H27N5O3. The molecule has 1 aromatic carbocycles. The Balaban J connectivity index is 2.03. The molecule has 0 aliphatic heterocycles. The van der Waals surface area contributed by atoms with E-state index in [2.05, 4.69) is 34.6 Å². The lowest BCUT2D eigenvalue weighted by atomic mass is 9.99. The van der Waals surface area contributed by atoms with Crippen molar-refractivity contribution in [2.24, 2.45) is 5.92 Å². The molecular weight excluding hydrogens is 346 g/mol. The largest absolute Gasteiger partial charge is 0.467 e. The number of carbonyl (C=O) groups is 2. The molecule has 2 rings (SSSR count). The fraction of sp³-hybridized carbons (Fsp3) is 0.526. The molecule has 0 saturated carbocycles. The number of carbonyl (C=O) groups excluding carboxylic acids is 2. The number of tetrazole rings is 1. The van der Waals surface area contributed by atoms with Crippen LogP contribution in [0.25, 0.3) is 11.4 Å². The van der Waals surface area contributed by atoms with Crippen molar-refractivity contribution < 1.29 is 14.3 Å². The van der Waals surface area contributed by atoms with Crippen molar-refractivity contribution in [2.45, 2.75) is 52.6 Å². The number of aromatic nitrogens is 4. The minimum Gasteiger partial charge on any atom is -0.467 e. The highest BCUT2D eigenvalue weighted by Crippen LogP contribution is 2.19. The predicted molar refractivity (Wildman–Crippen MR) is 101 cm³/mol. The second-order valence-corrected chi connectivity index (χ2v) is 6.87.